The number of carboxylic acids is 1. The fraction of sp³-hybridized carbons (Fsp3) is 0.333. The Balaban J connectivity index is 1.83. The predicted molar refractivity (Wildman–Crippen MR) is 80.4 cm³/mol. The van der Waals surface area contributed by atoms with Gasteiger partial charge in [0, 0.05) is 5.02 Å². The number of anilines is 1. The maximum absolute atomic E-state index is 12.5. The van der Waals surface area contributed by atoms with Crippen LogP contribution in [0.15, 0.2) is 30.4 Å². The topological polar surface area (TPSA) is 66.4 Å². The number of hydrogen-bond acceptors (Lipinski definition) is 2. The summed E-state index contributed by atoms with van der Waals surface area (Å²) in [5.41, 5.74) is 0.407. The highest BCUT2D eigenvalue weighted by atomic mass is 35.5. The summed E-state index contributed by atoms with van der Waals surface area (Å²) in [4.78, 5) is 23.9. The second kappa shape index (κ2) is 5.35. The largest absolute Gasteiger partial charge is 0.481 e. The Morgan fingerprint density at radius 2 is 1.81 bits per heavy atom. The molecule has 0 aliphatic heterocycles. The first-order valence-corrected chi connectivity index (χ1v) is 7.40. The number of halogens is 2. The molecule has 2 aliphatic carbocycles. The van der Waals surface area contributed by atoms with Crippen LogP contribution >= 0.6 is 23.2 Å². The molecule has 1 amide bonds. The minimum absolute atomic E-state index is 0.0194. The Bertz CT molecular complexity index is 644. The van der Waals surface area contributed by atoms with Gasteiger partial charge in [-0.3, -0.25) is 9.59 Å². The van der Waals surface area contributed by atoms with Crippen molar-refractivity contribution in [2.45, 2.75) is 6.42 Å². The summed E-state index contributed by atoms with van der Waals surface area (Å²) in [7, 11) is 0. The van der Waals surface area contributed by atoms with Crippen LogP contribution in [0.2, 0.25) is 10.0 Å². The van der Waals surface area contributed by atoms with E-state index in [4.69, 9.17) is 23.2 Å². The standard InChI is InChI=1S/C15H13Cl2NO3/c16-9-3-4-10(17)11(6-9)18-14(19)12-7-1-2-8(5-7)13(12)15(20)21/h1-4,6-8,12-13H,5H2,(H,18,19)(H,20,21)/t7?,8?,12-,13+/m0/s1. The van der Waals surface area contributed by atoms with Gasteiger partial charge < -0.3 is 10.4 Å². The number of allylic oxidation sites excluding steroid dienone is 2. The van der Waals surface area contributed by atoms with Crippen molar-refractivity contribution in [3.63, 3.8) is 0 Å². The zero-order valence-corrected chi connectivity index (χ0v) is 12.4. The number of aliphatic carboxylic acids is 1. The van der Waals surface area contributed by atoms with E-state index in [1.165, 1.54) is 0 Å². The van der Waals surface area contributed by atoms with Gasteiger partial charge in [-0.05, 0) is 36.5 Å². The molecule has 6 heteroatoms. The Morgan fingerprint density at radius 3 is 2.48 bits per heavy atom. The number of hydrogen-bond donors (Lipinski definition) is 2. The van der Waals surface area contributed by atoms with Gasteiger partial charge in [0.25, 0.3) is 0 Å². The summed E-state index contributed by atoms with van der Waals surface area (Å²) in [6.07, 6.45) is 4.56. The normalized spacial score (nSPS) is 29.6. The molecule has 2 N–H and O–H groups in total. The molecule has 3 rings (SSSR count). The van der Waals surface area contributed by atoms with Crippen LogP contribution in [-0.4, -0.2) is 17.0 Å². The third kappa shape index (κ3) is 2.54. The van der Waals surface area contributed by atoms with Crippen molar-refractivity contribution < 1.29 is 14.7 Å². The lowest BCUT2D eigenvalue weighted by Crippen LogP contribution is -2.36. The smallest absolute Gasteiger partial charge is 0.307 e. The van der Waals surface area contributed by atoms with Gasteiger partial charge in [0.1, 0.15) is 0 Å². The molecule has 1 aromatic rings. The van der Waals surface area contributed by atoms with Crippen molar-refractivity contribution in [1.29, 1.82) is 0 Å². The Hall–Kier alpha value is -1.52. The highest BCUT2D eigenvalue weighted by molar-refractivity contribution is 6.35. The third-order valence-corrected chi connectivity index (χ3v) is 4.80. The lowest BCUT2D eigenvalue weighted by molar-refractivity contribution is -0.146. The first kappa shape index (κ1) is 14.4. The number of carboxylic acid groups (broad SMARTS) is 1. The number of amides is 1. The van der Waals surface area contributed by atoms with E-state index in [2.05, 4.69) is 5.32 Å². The molecule has 21 heavy (non-hydrogen) atoms. The van der Waals surface area contributed by atoms with Gasteiger partial charge in [0.05, 0.1) is 22.5 Å². The summed E-state index contributed by atoms with van der Waals surface area (Å²) in [6.45, 7) is 0. The lowest BCUT2D eigenvalue weighted by atomic mass is 9.82. The van der Waals surface area contributed by atoms with Crippen molar-refractivity contribution >= 4 is 40.8 Å². The monoisotopic (exact) mass is 325 g/mol. The highest BCUT2D eigenvalue weighted by Gasteiger charge is 2.51. The molecule has 1 saturated carbocycles. The molecule has 0 aromatic heterocycles. The summed E-state index contributed by atoms with van der Waals surface area (Å²) < 4.78 is 0. The van der Waals surface area contributed by atoms with E-state index < -0.39 is 17.8 Å². The van der Waals surface area contributed by atoms with Crippen molar-refractivity contribution in [1.82, 2.24) is 0 Å². The average Bonchev–Trinajstić information content (AvgIpc) is 3.03. The Kier molecular flexibility index (Phi) is 3.68. The molecule has 4 nitrogen and oxygen atoms in total. The van der Waals surface area contributed by atoms with Crippen LogP contribution in [-0.2, 0) is 9.59 Å². The van der Waals surface area contributed by atoms with Gasteiger partial charge in [0.2, 0.25) is 5.91 Å². The summed E-state index contributed by atoms with van der Waals surface area (Å²) in [6, 6.07) is 4.77. The average molecular weight is 326 g/mol. The molecule has 0 spiro atoms. The van der Waals surface area contributed by atoms with Gasteiger partial charge >= 0.3 is 5.97 Å². The highest BCUT2D eigenvalue weighted by Crippen LogP contribution is 2.48. The molecule has 2 bridgehead atoms. The molecule has 0 radical (unpaired) electrons. The molecule has 0 heterocycles. The number of nitrogens with one attached hydrogen (secondary N) is 1. The molecule has 1 aromatic carbocycles. The van der Waals surface area contributed by atoms with Crippen molar-refractivity contribution in [3.05, 3.63) is 40.4 Å². The van der Waals surface area contributed by atoms with E-state index in [1.807, 2.05) is 12.2 Å². The van der Waals surface area contributed by atoms with Crippen LogP contribution in [0.3, 0.4) is 0 Å². The molecule has 2 unspecified atom stereocenters. The summed E-state index contributed by atoms with van der Waals surface area (Å²) in [5, 5.41) is 12.9. The van der Waals surface area contributed by atoms with E-state index >= 15 is 0 Å². The Morgan fingerprint density at radius 1 is 1.14 bits per heavy atom. The number of benzene rings is 1. The zero-order valence-electron chi connectivity index (χ0n) is 10.9. The van der Waals surface area contributed by atoms with Gasteiger partial charge in [-0.15, -0.1) is 0 Å². The van der Waals surface area contributed by atoms with Crippen LogP contribution in [0.1, 0.15) is 6.42 Å². The molecular weight excluding hydrogens is 313 g/mol. The molecule has 110 valence electrons. The molecule has 4 atom stereocenters. The minimum atomic E-state index is -0.927. The summed E-state index contributed by atoms with van der Waals surface area (Å²) in [5.74, 6) is -2.55. The van der Waals surface area contributed by atoms with Crippen LogP contribution < -0.4 is 5.32 Å². The van der Waals surface area contributed by atoms with Gasteiger partial charge in [-0.2, -0.15) is 0 Å². The maximum atomic E-state index is 12.5. The lowest BCUT2D eigenvalue weighted by Gasteiger charge is -2.24. The quantitative estimate of drug-likeness (QED) is 0.836. The van der Waals surface area contributed by atoms with E-state index in [0.717, 1.165) is 6.42 Å². The van der Waals surface area contributed by atoms with Gasteiger partial charge in [-0.1, -0.05) is 35.4 Å². The van der Waals surface area contributed by atoms with E-state index in [9.17, 15) is 14.7 Å². The van der Waals surface area contributed by atoms with E-state index in [0.29, 0.717) is 15.7 Å². The fourth-order valence-corrected chi connectivity index (χ4v) is 3.66. The van der Waals surface area contributed by atoms with Crippen molar-refractivity contribution in [2.24, 2.45) is 23.7 Å². The van der Waals surface area contributed by atoms with Crippen LogP contribution in [0.4, 0.5) is 5.69 Å². The first-order chi connectivity index (χ1) is 9.97. The number of carbonyl (C=O) groups excluding carboxylic acids is 1. The SMILES string of the molecule is O=C(O)[C@@H]1C2C=CC(C2)[C@@H]1C(=O)Nc1cc(Cl)ccc1Cl. The maximum Gasteiger partial charge on any atom is 0.307 e. The number of rotatable bonds is 3. The molecular formula is C15H13Cl2NO3. The fourth-order valence-electron chi connectivity index (χ4n) is 3.33. The first-order valence-electron chi connectivity index (χ1n) is 6.64. The summed E-state index contributed by atoms with van der Waals surface area (Å²) >= 11 is 11.9. The second-order valence-electron chi connectivity index (χ2n) is 5.45. The van der Waals surface area contributed by atoms with E-state index in [-0.39, 0.29) is 17.7 Å². The van der Waals surface area contributed by atoms with Gasteiger partial charge in [0.15, 0.2) is 0 Å². The molecule has 1 fully saturated rings. The van der Waals surface area contributed by atoms with Crippen LogP contribution in [0.5, 0.6) is 0 Å². The third-order valence-electron chi connectivity index (χ3n) is 4.23. The molecule has 0 saturated heterocycles. The van der Waals surface area contributed by atoms with Crippen molar-refractivity contribution in [2.75, 3.05) is 5.32 Å². The van der Waals surface area contributed by atoms with Crippen molar-refractivity contribution in [3.8, 4) is 0 Å². The Labute approximate surface area is 131 Å². The predicted octanol–water partition coefficient (Wildman–Crippen LogP) is 3.45. The second-order valence-corrected chi connectivity index (χ2v) is 6.30. The zero-order chi connectivity index (χ0) is 15.1. The molecule has 2 aliphatic rings. The van der Waals surface area contributed by atoms with Crippen LogP contribution in [0.25, 0.3) is 0 Å². The number of carbonyl (C=O) groups is 2. The van der Waals surface area contributed by atoms with Crippen LogP contribution in [0, 0.1) is 23.7 Å². The number of fused-ring (bicyclic) bond motifs is 2. The minimum Gasteiger partial charge on any atom is -0.481 e. The van der Waals surface area contributed by atoms with Gasteiger partial charge in [-0.25, -0.2) is 0 Å². The van der Waals surface area contributed by atoms with E-state index in [1.54, 1.807) is 18.2 Å².